The predicted octanol–water partition coefficient (Wildman–Crippen LogP) is 2.82. The van der Waals surface area contributed by atoms with E-state index in [0.29, 0.717) is 6.42 Å². The van der Waals surface area contributed by atoms with E-state index in [1.807, 2.05) is 0 Å². The average Bonchev–Trinajstić information content (AvgIpc) is 2.45. The van der Waals surface area contributed by atoms with E-state index in [-0.39, 0.29) is 4.48 Å². The number of unbranched alkanes of at least 4 members (excludes halogenated alkanes) is 9. The number of carbonyl (C=O) groups is 2. The largest absolute Gasteiger partial charge is 0.544 e. The minimum absolute atomic E-state index is 0.0665. The fraction of sp³-hybridized carbons (Fsp3) is 0.895. The van der Waals surface area contributed by atoms with Gasteiger partial charge >= 0.3 is 5.97 Å². The minimum atomic E-state index is -1.28. The minimum Gasteiger partial charge on any atom is -0.544 e. The molecule has 2 unspecified atom stereocenters. The molecule has 0 aromatic rings. The van der Waals surface area contributed by atoms with E-state index in [4.69, 9.17) is 0 Å². The van der Waals surface area contributed by atoms with Gasteiger partial charge < -0.3 is 19.5 Å². The molecule has 1 N–H and O–H groups in total. The first-order valence-corrected chi connectivity index (χ1v) is 9.46. The molecule has 0 rings (SSSR count). The summed E-state index contributed by atoms with van der Waals surface area (Å²) in [6.07, 6.45) is 12.2. The molecule has 0 aromatic heterocycles. The maximum atomic E-state index is 11.5. The lowest BCUT2D eigenvalue weighted by Gasteiger charge is -2.38. The molecule has 0 amide bonds. The van der Waals surface area contributed by atoms with Crippen molar-refractivity contribution in [1.29, 1.82) is 0 Å². The Kier molecular flexibility index (Phi) is 11.7. The third-order valence-corrected chi connectivity index (χ3v) is 4.64. The van der Waals surface area contributed by atoms with Crippen LogP contribution < -0.4 is 5.11 Å². The fourth-order valence-corrected chi connectivity index (χ4v) is 3.29. The number of carboxylic acid groups (broad SMARTS) is 2. The third kappa shape index (κ3) is 9.91. The van der Waals surface area contributed by atoms with Crippen LogP contribution >= 0.6 is 0 Å². The highest BCUT2D eigenvalue weighted by Crippen LogP contribution is 2.22. The van der Waals surface area contributed by atoms with Gasteiger partial charge in [0.1, 0.15) is 17.9 Å². The third-order valence-electron chi connectivity index (χ3n) is 4.64. The summed E-state index contributed by atoms with van der Waals surface area (Å²) in [4.78, 5) is 22.9. The number of hydrogen-bond donors (Lipinski definition) is 1. The van der Waals surface area contributed by atoms with Gasteiger partial charge in [0.25, 0.3) is 0 Å². The van der Waals surface area contributed by atoms with Crippen LogP contribution in [-0.4, -0.2) is 48.7 Å². The smallest absolute Gasteiger partial charge is 0.312 e. The molecule has 0 aliphatic heterocycles. The van der Waals surface area contributed by atoms with Gasteiger partial charge in [-0.15, -0.1) is 0 Å². The van der Waals surface area contributed by atoms with Crippen molar-refractivity contribution in [1.82, 2.24) is 0 Å². The Morgan fingerprint density at radius 2 is 1.29 bits per heavy atom. The molecule has 2 atom stereocenters. The molecule has 0 aromatic carbocycles. The Bertz CT molecular complexity index is 363. The van der Waals surface area contributed by atoms with E-state index in [2.05, 4.69) is 6.92 Å². The highest BCUT2D eigenvalue weighted by atomic mass is 16.4. The van der Waals surface area contributed by atoms with Crippen LogP contribution in [0.2, 0.25) is 0 Å². The molecule has 0 bridgehead atoms. The van der Waals surface area contributed by atoms with Gasteiger partial charge in [-0.3, -0.25) is 4.79 Å². The van der Waals surface area contributed by atoms with Gasteiger partial charge in [-0.25, -0.2) is 0 Å². The molecule has 5 nitrogen and oxygen atoms in total. The van der Waals surface area contributed by atoms with E-state index in [9.17, 15) is 19.8 Å². The molecule has 0 aliphatic rings. The van der Waals surface area contributed by atoms with Crippen LogP contribution in [0.15, 0.2) is 0 Å². The second kappa shape index (κ2) is 12.3. The normalized spacial score (nSPS) is 14.3. The van der Waals surface area contributed by atoms with Crippen molar-refractivity contribution in [2.45, 2.75) is 83.6 Å². The SMILES string of the molecule is CCCCCCCCCCCCC(C(=O)O)C(C(=O)[O-])[N+](C)(C)C. The maximum absolute atomic E-state index is 11.5. The van der Waals surface area contributed by atoms with E-state index in [1.54, 1.807) is 21.1 Å². The van der Waals surface area contributed by atoms with Crippen LogP contribution in [0.1, 0.15) is 77.6 Å². The van der Waals surface area contributed by atoms with Crippen molar-refractivity contribution in [3.05, 3.63) is 0 Å². The van der Waals surface area contributed by atoms with E-state index in [0.717, 1.165) is 19.3 Å². The van der Waals surface area contributed by atoms with Gasteiger partial charge in [0.05, 0.1) is 21.1 Å². The summed E-state index contributed by atoms with van der Waals surface area (Å²) in [6, 6.07) is -1.01. The van der Waals surface area contributed by atoms with Gasteiger partial charge in [-0.2, -0.15) is 0 Å². The molecule has 0 heterocycles. The summed E-state index contributed by atoms with van der Waals surface area (Å²) in [7, 11) is 5.11. The predicted molar refractivity (Wildman–Crippen MR) is 94.4 cm³/mol. The number of aliphatic carboxylic acids is 2. The molecular formula is C19H37NO4. The molecule has 5 heteroatoms. The number of hydrogen-bond acceptors (Lipinski definition) is 3. The Hall–Kier alpha value is -1.10. The molecular weight excluding hydrogens is 306 g/mol. The van der Waals surface area contributed by atoms with Gasteiger partial charge in [-0.1, -0.05) is 71.1 Å². The summed E-state index contributed by atoms with van der Waals surface area (Å²) in [5.74, 6) is -3.20. The number of likely N-dealkylation sites (N-methyl/N-ethyl adjacent to an activating group) is 1. The molecule has 0 radical (unpaired) electrons. The van der Waals surface area contributed by atoms with E-state index < -0.39 is 23.9 Å². The van der Waals surface area contributed by atoms with Gasteiger partial charge in [0.15, 0.2) is 0 Å². The topological polar surface area (TPSA) is 77.4 Å². The summed E-state index contributed by atoms with van der Waals surface area (Å²) in [5.41, 5.74) is 0. The van der Waals surface area contributed by atoms with Gasteiger partial charge in [-0.05, 0) is 6.42 Å². The summed E-state index contributed by atoms with van der Waals surface area (Å²) >= 11 is 0. The van der Waals surface area contributed by atoms with Crippen LogP contribution in [0, 0.1) is 5.92 Å². The zero-order valence-corrected chi connectivity index (χ0v) is 16.1. The number of quaternary nitrogens is 1. The standard InChI is InChI=1S/C19H37NO4/c1-5-6-7-8-9-10-11-12-13-14-15-16(18(21)22)17(19(23)24)20(2,3)4/h16-17H,5-15H2,1-4H3,(H-,21,22,23,24). The van der Waals surface area contributed by atoms with Crippen LogP contribution in [0.3, 0.4) is 0 Å². The molecule has 0 aliphatic carbocycles. The number of rotatable bonds is 15. The summed E-state index contributed by atoms with van der Waals surface area (Å²) < 4.78 is 0.0665. The number of carbonyl (C=O) groups excluding carboxylic acids is 1. The zero-order chi connectivity index (χ0) is 18.6. The lowest BCUT2D eigenvalue weighted by atomic mass is 9.91. The monoisotopic (exact) mass is 343 g/mol. The van der Waals surface area contributed by atoms with Gasteiger partial charge in [0, 0.05) is 0 Å². The van der Waals surface area contributed by atoms with Crippen molar-refractivity contribution in [3.8, 4) is 0 Å². The first-order chi connectivity index (χ1) is 11.2. The van der Waals surface area contributed by atoms with Crippen LogP contribution in [0.5, 0.6) is 0 Å². The van der Waals surface area contributed by atoms with Crippen LogP contribution in [0.25, 0.3) is 0 Å². The average molecular weight is 344 g/mol. The van der Waals surface area contributed by atoms with Crippen molar-refractivity contribution < 1.29 is 24.3 Å². The lowest BCUT2D eigenvalue weighted by molar-refractivity contribution is -0.892. The Labute approximate surface area is 147 Å². The van der Waals surface area contributed by atoms with Gasteiger partial charge in [0.2, 0.25) is 0 Å². The summed E-state index contributed by atoms with van der Waals surface area (Å²) in [6.45, 7) is 2.22. The molecule has 0 fully saturated rings. The van der Waals surface area contributed by atoms with E-state index >= 15 is 0 Å². The zero-order valence-electron chi connectivity index (χ0n) is 16.1. The van der Waals surface area contributed by atoms with Crippen molar-refractivity contribution in [3.63, 3.8) is 0 Å². The Morgan fingerprint density at radius 1 is 0.875 bits per heavy atom. The van der Waals surface area contributed by atoms with Crippen LogP contribution in [-0.2, 0) is 9.59 Å². The molecule has 0 spiro atoms. The highest BCUT2D eigenvalue weighted by Gasteiger charge is 2.38. The molecule has 0 saturated heterocycles. The van der Waals surface area contributed by atoms with Crippen LogP contribution in [0.4, 0.5) is 0 Å². The molecule has 24 heavy (non-hydrogen) atoms. The molecule has 142 valence electrons. The highest BCUT2D eigenvalue weighted by molar-refractivity contribution is 5.80. The lowest BCUT2D eigenvalue weighted by Crippen LogP contribution is -2.59. The fourth-order valence-electron chi connectivity index (χ4n) is 3.29. The van der Waals surface area contributed by atoms with E-state index in [1.165, 1.54) is 44.9 Å². The number of nitrogens with zero attached hydrogens (tertiary/aromatic N) is 1. The quantitative estimate of drug-likeness (QED) is 0.366. The molecule has 0 saturated carbocycles. The second-order valence-corrected chi connectivity index (χ2v) is 7.80. The van der Waals surface area contributed by atoms with Crippen molar-refractivity contribution in [2.75, 3.05) is 21.1 Å². The Balaban J connectivity index is 4.07. The number of carboxylic acids is 2. The first-order valence-electron chi connectivity index (χ1n) is 9.46. The first kappa shape index (κ1) is 22.9. The second-order valence-electron chi connectivity index (χ2n) is 7.80. The van der Waals surface area contributed by atoms with Crippen molar-refractivity contribution >= 4 is 11.9 Å². The summed E-state index contributed by atoms with van der Waals surface area (Å²) in [5, 5.41) is 20.8. The Morgan fingerprint density at radius 3 is 1.62 bits per heavy atom. The maximum Gasteiger partial charge on any atom is 0.312 e. The van der Waals surface area contributed by atoms with Crippen molar-refractivity contribution in [2.24, 2.45) is 5.92 Å².